The number of benzene rings is 1. The Morgan fingerprint density at radius 1 is 1.40 bits per heavy atom. The number of carbonyl (C=O) groups excluding carboxylic acids is 1. The highest BCUT2D eigenvalue weighted by molar-refractivity contribution is 7.22. The highest BCUT2D eigenvalue weighted by atomic mass is 32.1. The van der Waals surface area contributed by atoms with Gasteiger partial charge in [0.05, 0.1) is 10.2 Å². The van der Waals surface area contributed by atoms with Gasteiger partial charge < -0.3 is 11.1 Å². The molecular weight excluding hydrogens is 290 g/mol. The van der Waals surface area contributed by atoms with Crippen molar-refractivity contribution in [1.29, 1.82) is 0 Å². The number of nitrogens with zero attached hydrogens (tertiary/aromatic N) is 1. The minimum Gasteiger partial charge on any atom is -0.316 e. The number of aromatic nitrogens is 1. The lowest BCUT2D eigenvalue weighted by molar-refractivity contribution is -0.117. The Labute approximate surface area is 124 Å². The van der Waals surface area contributed by atoms with Crippen LogP contribution in [0.4, 0.5) is 5.13 Å². The quantitative estimate of drug-likeness (QED) is 0.780. The van der Waals surface area contributed by atoms with E-state index in [2.05, 4.69) is 16.4 Å². The number of carbonyl (C=O) groups is 1. The summed E-state index contributed by atoms with van der Waals surface area (Å²) in [6.07, 6.45) is 0. The second-order valence-electron chi connectivity index (χ2n) is 4.47. The van der Waals surface area contributed by atoms with Crippen molar-refractivity contribution >= 4 is 43.9 Å². The fourth-order valence-electron chi connectivity index (χ4n) is 1.87. The Hall–Kier alpha value is -1.76. The number of rotatable bonds is 3. The van der Waals surface area contributed by atoms with Gasteiger partial charge in [-0.1, -0.05) is 23.5 Å². The minimum absolute atomic E-state index is 0.233. The average Bonchev–Trinajstić information content (AvgIpc) is 3.05. The van der Waals surface area contributed by atoms with Crippen molar-refractivity contribution in [2.75, 3.05) is 5.32 Å². The number of amides is 1. The van der Waals surface area contributed by atoms with Gasteiger partial charge in [0.25, 0.3) is 0 Å². The van der Waals surface area contributed by atoms with E-state index in [0.717, 1.165) is 15.1 Å². The first-order valence-electron chi connectivity index (χ1n) is 6.10. The third kappa shape index (κ3) is 2.58. The molecule has 2 heterocycles. The van der Waals surface area contributed by atoms with Gasteiger partial charge in [-0.25, -0.2) is 4.98 Å². The normalized spacial score (nSPS) is 12.5. The molecule has 3 aromatic rings. The van der Waals surface area contributed by atoms with Gasteiger partial charge in [-0.3, -0.25) is 4.79 Å². The minimum atomic E-state index is -0.649. The summed E-state index contributed by atoms with van der Waals surface area (Å²) >= 11 is 2.93. The second-order valence-corrected chi connectivity index (χ2v) is 6.48. The molecule has 3 rings (SSSR count). The monoisotopic (exact) mass is 303 g/mol. The zero-order valence-electron chi connectivity index (χ0n) is 10.8. The van der Waals surface area contributed by atoms with E-state index in [1.807, 2.05) is 36.6 Å². The van der Waals surface area contributed by atoms with Gasteiger partial charge in [0.15, 0.2) is 5.13 Å². The van der Waals surface area contributed by atoms with Crippen LogP contribution in [0.1, 0.15) is 16.5 Å². The number of thiophene rings is 1. The molecule has 1 amide bonds. The molecular formula is C14H13N3OS2. The summed E-state index contributed by atoms with van der Waals surface area (Å²) in [5.74, 6) is -0.233. The van der Waals surface area contributed by atoms with Crippen LogP contribution in [0.2, 0.25) is 0 Å². The fraction of sp³-hybridized carbons (Fsp3) is 0.143. The Kier molecular flexibility index (Phi) is 3.52. The highest BCUT2D eigenvalue weighted by Crippen LogP contribution is 2.27. The van der Waals surface area contributed by atoms with E-state index < -0.39 is 6.04 Å². The van der Waals surface area contributed by atoms with Crippen molar-refractivity contribution < 1.29 is 4.79 Å². The van der Waals surface area contributed by atoms with Crippen molar-refractivity contribution in [2.24, 2.45) is 5.73 Å². The highest BCUT2D eigenvalue weighted by Gasteiger charge is 2.18. The predicted molar refractivity (Wildman–Crippen MR) is 84.2 cm³/mol. The van der Waals surface area contributed by atoms with E-state index in [4.69, 9.17) is 5.73 Å². The molecule has 102 valence electrons. The van der Waals surface area contributed by atoms with E-state index in [-0.39, 0.29) is 5.91 Å². The molecule has 0 aliphatic carbocycles. The van der Waals surface area contributed by atoms with Crippen LogP contribution in [-0.4, -0.2) is 10.9 Å². The summed E-state index contributed by atoms with van der Waals surface area (Å²) in [5, 5.41) is 5.28. The number of hydrogen-bond acceptors (Lipinski definition) is 5. The maximum Gasteiger partial charge on any atom is 0.248 e. The number of thiazole rings is 1. The molecule has 0 saturated heterocycles. The van der Waals surface area contributed by atoms with Crippen LogP contribution < -0.4 is 11.1 Å². The maximum absolute atomic E-state index is 12.1. The van der Waals surface area contributed by atoms with Gasteiger partial charge in [-0.2, -0.15) is 0 Å². The molecule has 4 nitrogen and oxygen atoms in total. The first-order valence-corrected chi connectivity index (χ1v) is 7.80. The van der Waals surface area contributed by atoms with Crippen molar-refractivity contribution in [3.63, 3.8) is 0 Å². The zero-order chi connectivity index (χ0) is 14.1. The lowest BCUT2D eigenvalue weighted by atomic mass is 10.2. The SMILES string of the molecule is Cc1ccc2nc(NC(=O)C(N)c3cccs3)sc2c1. The second kappa shape index (κ2) is 5.32. The molecule has 0 fully saturated rings. The molecule has 3 N–H and O–H groups in total. The van der Waals surface area contributed by atoms with Crippen molar-refractivity contribution in [1.82, 2.24) is 4.98 Å². The molecule has 0 aliphatic heterocycles. The summed E-state index contributed by atoms with van der Waals surface area (Å²) in [5.41, 5.74) is 7.99. The van der Waals surface area contributed by atoms with Crippen LogP contribution >= 0.6 is 22.7 Å². The van der Waals surface area contributed by atoms with E-state index in [0.29, 0.717) is 5.13 Å². The number of hydrogen-bond donors (Lipinski definition) is 2. The van der Waals surface area contributed by atoms with Gasteiger partial charge in [-0.15, -0.1) is 11.3 Å². The molecule has 6 heteroatoms. The van der Waals surface area contributed by atoms with Crippen molar-refractivity contribution in [3.8, 4) is 0 Å². The van der Waals surface area contributed by atoms with Crippen LogP contribution in [-0.2, 0) is 4.79 Å². The molecule has 1 atom stereocenters. The molecule has 0 spiro atoms. The van der Waals surface area contributed by atoms with E-state index in [9.17, 15) is 4.79 Å². The first kappa shape index (κ1) is 13.2. The molecule has 1 unspecified atom stereocenters. The molecule has 1 aromatic carbocycles. The van der Waals surface area contributed by atoms with Crippen LogP contribution in [0.3, 0.4) is 0 Å². The van der Waals surface area contributed by atoms with Gasteiger partial charge in [0.2, 0.25) is 5.91 Å². The van der Waals surface area contributed by atoms with Crippen LogP contribution in [0, 0.1) is 6.92 Å². The fourth-order valence-corrected chi connectivity index (χ4v) is 3.56. The lowest BCUT2D eigenvalue weighted by Crippen LogP contribution is -2.26. The summed E-state index contributed by atoms with van der Waals surface area (Å²) in [6, 6.07) is 9.11. The van der Waals surface area contributed by atoms with E-state index in [1.165, 1.54) is 28.2 Å². The summed E-state index contributed by atoms with van der Waals surface area (Å²) in [7, 11) is 0. The van der Waals surface area contributed by atoms with Crippen molar-refractivity contribution in [2.45, 2.75) is 13.0 Å². The lowest BCUT2D eigenvalue weighted by Gasteiger charge is -2.08. The Morgan fingerprint density at radius 2 is 2.25 bits per heavy atom. The van der Waals surface area contributed by atoms with E-state index in [1.54, 1.807) is 0 Å². The molecule has 0 radical (unpaired) electrons. The molecule has 0 bridgehead atoms. The topological polar surface area (TPSA) is 68.0 Å². The van der Waals surface area contributed by atoms with Gasteiger partial charge >= 0.3 is 0 Å². The Bertz CT molecular complexity index is 749. The smallest absolute Gasteiger partial charge is 0.248 e. The number of nitrogens with one attached hydrogen (secondary N) is 1. The molecule has 0 aliphatic rings. The van der Waals surface area contributed by atoms with Crippen LogP contribution in [0.25, 0.3) is 10.2 Å². The first-order chi connectivity index (χ1) is 9.63. The third-order valence-corrected chi connectivity index (χ3v) is 4.80. The number of nitrogens with two attached hydrogens (primary N) is 1. The van der Waals surface area contributed by atoms with Gasteiger partial charge in [0.1, 0.15) is 6.04 Å². The van der Waals surface area contributed by atoms with Crippen molar-refractivity contribution in [3.05, 3.63) is 46.2 Å². The largest absolute Gasteiger partial charge is 0.316 e. The van der Waals surface area contributed by atoms with Gasteiger partial charge in [0, 0.05) is 4.88 Å². The molecule has 2 aromatic heterocycles. The number of fused-ring (bicyclic) bond motifs is 1. The Balaban J connectivity index is 1.80. The van der Waals surface area contributed by atoms with Crippen LogP contribution in [0.5, 0.6) is 0 Å². The maximum atomic E-state index is 12.1. The zero-order valence-corrected chi connectivity index (χ0v) is 12.4. The van der Waals surface area contributed by atoms with Gasteiger partial charge in [-0.05, 0) is 36.1 Å². The van der Waals surface area contributed by atoms with Crippen LogP contribution in [0.15, 0.2) is 35.7 Å². The number of anilines is 1. The number of aryl methyl sites for hydroxylation is 1. The standard InChI is InChI=1S/C14H13N3OS2/c1-8-4-5-9-11(7-8)20-14(16-9)17-13(18)12(15)10-3-2-6-19-10/h2-7,12H,15H2,1H3,(H,16,17,18). The third-order valence-electron chi connectivity index (χ3n) is 2.91. The summed E-state index contributed by atoms with van der Waals surface area (Å²) in [4.78, 5) is 17.3. The predicted octanol–water partition coefficient (Wildman–Crippen LogP) is 3.30. The Morgan fingerprint density at radius 3 is 3.00 bits per heavy atom. The average molecular weight is 303 g/mol. The summed E-state index contributed by atoms with van der Waals surface area (Å²) < 4.78 is 1.06. The summed E-state index contributed by atoms with van der Waals surface area (Å²) in [6.45, 7) is 2.03. The molecule has 0 saturated carbocycles. The van der Waals surface area contributed by atoms with E-state index >= 15 is 0 Å². The molecule has 20 heavy (non-hydrogen) atoms.